The van der Waals surface area contributed by atoms with Crippen LogP contribution >= 0.6 is 0 Å². The molecule has 2 aromatic carbocycles. The molecule has 0 aliphatic carbocycles. The second kappa shape index (κ2) is 13.8. The van der Waals surface area contributed by atoms with E-state index in [1.165, 1.54) is 7.11 Å². The lowest BCUT2D eigenvalue weighted by molar-refractivity contribution is -0.134. The number of carbonyl (C=O) groups excluding carboxylic acids is 2. The Hall–Kier alpha value is -3.79. The summed E-state index contributed by atoms with van der Waals surface area (Å²) in [7, 11) is 1.50. The molecule has 0 aliphatic rings. The van der Waals surface area contributed by atoms with Crippen molar-refractivity contribution < 1.29 is 29.0 Å². The first-order chi connectivity index (χ1) is 17.1. The van der Waals surface area contributed by atoms with E-state index in [1.54, 1.807) is 48.1 Å². The smallest absolute Gasteiger partial charge is 0.251 e. The number of para-hydroxylation sites is 1. The van der Waals surface area contributed by atoms with Crippen LogP contribution in [0, 0.1) is 5.92 Å². The van der Waals surface area contributed by atoms with Gasteiger partial charge >= 0.3 is 0 Å². The lowest BCUT2D eigenvalue weighted by Gasteiger charge is -2.23. The zero-order valence-electron chi connectivity index (χ0n) is 19.4. The highest BCUT2D eigenvalue weighted by Gasteiger charge is 2.25. The van der Waals surface area contributed by atoms with Crippen molar-refractivity contribution in [2.24, 2.45) is 5.92 Å². The molecule has 3 aromatic rings. The van der Waals surface area contributed by atoms with Gasteiger partial charge < -0.3 is 19.5 Å². The Morgan fingerprint density at radius 3 is 2.34 bits per heavy atom. The Morgan fingerprint density at radius 2 is 1.69 bits per heavy atom. The van der Waals surface area contributed by atoms with Crippen molar-refractivity contribution in [1.29, 1.82) is 0 Å². The van der Waals surface area contributed by atoms with E-state index in [2.05, 4.69) is 10.3 Å². The van der Waals surface area contributed by atoms with E-state index in [9.17, 15) is 14.8 Å². The van der Waals surface area contributed by atoms with Gasteiger partial charge in [-0.3, -0.25) is 19.8 Å². The third kappa shape index (κ3) is 8.49. The van der Waals surface area contributed by atoms with Gasteiger partial charge in [0.2, 0.25) is 5.91 Å². The fourth-order valence-corrected chi connectivity index (χ4v) is 3.50. The highest BCUT2D eigenvalue weighted by molar-refractivity contribution is 5.94. The number of aromatic nitrogens is 1. The molecule has 3 rings (SSSR count). The molecule has 2 atom stereocenters. The Balaban J connectivity index is 1.67. The van der Waals surface area contributed by atoms with Gasteiger partial charge in [0.05, 0.1) is 12.6 Å². The lowest BCUT2D eigenvalue weighted by atomic mass is 9.94. The van der Waals surface area contributed by atoms with Crippen molar-refractivity contribution in [2.45, 2.75) is 18.9 Å². The highest BCUT2D eigenvalue weighted by atomic mass is 16.7. The SMILES string of the molecule is COCOC[C@H](C[C@H](Cc1ccccn1)C(=O)NO)NC(=O)c1ccc(Oc2ccccc2)cc1. The maximum atomic E-state index is 12.9. The summed E-state index contributed by atoms with van der Waals surface area (Å²) in [6, 6.07) is 21.0. The van der Waals surface area contributed by atoms with E-state index in [1.807, 2.05) is 36.4 Å². The summed E-state index contributed by atoms with van der Waals surface area (Å²) in [5.74, 6) is -0.246. The third-order valence-electron chi connectivity index (χ3n) is 5.18. The molecule has 0 fully saturated rings. The summed E-state index contributed by atoms with van der Waals surface area (Å²) in [4.78, 5) is 29.5. The van der Waals surface area contributed by atoms with E-state index in [-0.39, 0.29) is 32.1 Å². The Bertz CT molecular complexity index is 1050. The van der Waals surface area contributed by atoms with Crippen molar-refractivity contribution in [3.63, 3.8) is 0 Å². The topological polar surface area (TPSA) is 119 Å². The predicted octanol–water partition coefficient (Wildman–Crippen LogP) is 3.35. The van der Waals surface area contributed by atoms with Crippen molar-refractivity contribution in [1.82, 2.24) is 15.8 Å². The minimum Gasteiger partial charge on any atom is -0.457 e. The van der Waals surface area contributed by atoms with E-state index in [0.717, 1.165) is 0 Å². The molecule has 0 bridgehead atoms. The summed E-state index contributed by atoms with van der Waals surface area (Å²) < 4.78 is 16.2. The van der Waals surface area contributed by atoms with Crippen LogP contribution in [0.25, 0.3) is 0 Å². The number of ether oxygens (including phenoxy) is 3. The van der Waals surface area contributed by atoms with Crippen LogP contribution in [-0.2, 0) is 20.7 Å². The highest BCUT2D eigenvalue weighted by Crippen LogP contribution is 2.21. The van der Waals surface area contributed by atoms with E-state index in [0.29, 0.717) is 22.8 Å². The van der Waals surface area contributed by atoms with Crippen LogP contribution in [0.2, 0.25) is 0 Å². The number of hydrogen-bond acceptors (Lipinski definition) is 7. The van der Waals surface area contributed by atoms with Crippen LogP contribution in [0.15, 0.2) is 79.0 Å². The van der Waals surface area contributed by atoms with Gasteiger partial charge in [0, 0.05) is 36.9 Å². The van der Waals surface area contributed by atoms with Gasteiger partial charge in [-0.25, -0.2) is 5.48 Å². The van der Waals surface area contributed by atoms with Crippen LogP contribution in [0.5, 0.6) is 11.5 Å². The summed E-state index contributed by atoms with van der Waals surface area (Å²) >= 11 is 0. The summed E-state index contributed by atoms with van der Waals surface area (Å²) in [5.41, 5.74) is 2.83. The molecular weight excluding hydrogens is 450 g/mol. The van der Waals surface area contributed by atoms with E-state index in [4.69, 9.17) is 14.2 Å². The zero-order chi connectivity index (χ0) is 24.9. The van der Waals surface area contributed by atoms with Gasteiger partial charge in [-0.05, 0) is 55.0 Å². The van der Waals surface area contributed by atoms with E-state index >= 15 is 0 Å². The van der Waals surface area contributed by atoms with Crippen molar-refractivity contribution in [2.75, 3.05) is 20.5 Å². The summed E-state index contributed by atoms with van der Waals surface area (Å²) in [5, 5.41) is 12.1. The first-order valence-corrected chi connectivity index (χ1v) is 11.1. The summed E-state index contributed by atoms with van der Waals surface area (Å²) in [6.45, 7) is 0.154. The maximum Gasteiger partial charge on any atom is 0.251 e. The van der Waals surface area contributed by atoms with Crippen LogP contribution in [-0.4, -0.2) is 48.6 Å². The number of amides is 2. The molecule has 184 valence electrons. The molecule has 0 radical (unpaired) electrons. The molecule has 0 saturated heterocycles. The molecule has 0 saturated carbocycles. The number of nitrogens with zero attached hydrogens (tertiary/aromatic N) is 1. The number of benzene rings is 2. The molecule has 2 amide bonds. The predicted molar refractivity (Wildman–Crippen MR) is 128 cm³/mol. The van der Waals surface area contributed by atoms with Crippen molar-refractivity contribution >= 4 is 11.8 Å². The quantitative estimate of drug-likeness (QED) is 0.149. The second-order valence-corrected chi connectivity index (χ2v) is 7.82. The minimum atomic E-state index is -0.645. The largest absolute Gasteiger partial charge is 0.457 e. The van der Waals surface area contributed by atoms with Crippen molar-refractivity contribution in [3.05, 3.63) is 90.3 Å². The third-order valence-corrected chi connectivity index (χ3v) is 5.18. The number of methoxy groups -OCH3 is 1. The molecule has 0 aliphatic heterocycles. The zero-order valence-corrected chi connectivity index (χ0v) is 19.4. The average Bonchev–Trinajstić information content (AvgIpc) is 2.89. The number of nitrogens with one attached hydrogen (secondary N) is 2. The van der Waals surface area contributed by atoms with Crippen LogP contribution < -0.4 is 15.5 Å². The van der Waals surface area contributed by atoms with Gasteiger partial charge in [-0.1, -0.05) is 24.3 Å². The van der Waals surface area contributed by atoms with Gasteiger partial charge in [0.25, 0.3) is 5.91 Å². The summed E-state index contributed by atoms with van der Waals surface area (Å²) in [6.07, 6.45) is 2.14. The van der Waals surface area contributed by atoms with Gasteiger partial charge in [-0.2, -0.15) is 0 Å². The standard InChI is InChI=1S/C26H29N3O6/c1-33-18-34-17-22(16-20(26(31)29-32)15-21-7-5-6-14-27-21)28-25(30)19-10-12-24(13-11-19)35-23-8-3-2-4-9-23/h2-14,20,22,32H,15-18H2,1H3,(H,28,30)(H,29,31)/t20-,22-/m0/s1. The maximum absolute atomic E-state index is 12.9. The van der Waals surface area contributed by atoms with Gasteiger partial charge in [-0.15, -0.1) is 0 Å². The second-order valence-electron chi connectivity index (χ2n) is 7.82. The molecule has 0 unspecified atom stereocenters. The number of pyridine rings is 1. The van der Waals surface area contributed by atoms with Crippen LogP contribution in [0.4, 0.5) is 0 Å². The number of carbonyl (C=O) groups is 2. The fourth-order valence-electron chi connectivity index (χ4n) is 3.50. The minimum absolute atomic E-state index is 0.0367. The van der Waals surface area contributed by atoms with Crippen LogP contribution in [0.1, 0.15) is 22.5 Å². The Labute approximate surface area is 204 Å². The number of hydroxylamine groups is 1. The molecule has 1 aromatic heterocycles. The van der Waals surface area contributed by atoms with Gasteiger partial charge in [0.1, 0.15) is 18.3 Å². The monoisotopic (exact) mass is 479 g/mol. The fraction of sp³-hybridized carbons (Fsp3) is 0.269. The van der Waals surface area contributed by atoms with Crippen molar-refractivity contribution in [3.8, 4) is 11.5 Å². The van der Waals surface area contributed by atoms with Crippen LogP contribution in [0.3, 0.4) is 0 Å². The molecule has 9 nitrogen and oxygen atoms in total. The lowest BCUT2D eigenvalue weighted by Crippen LogP contribution is -2.42. The average molecular weight is 480 g/mol. The molecule has 3 N–H and O–H groups in total. The number of hydrogen-bond donors (Lipinski definition) is 3. The Morgan fingerprint density at radius 1 is 0.971 bits per heavy atom. The molecule has 35 heavy (non-hydrogen) atoms. The molecular formula is C26H29N3O6. The molecule has 1 heterocycles. The van der Waals surface area contributed by atoms with Gasteiger partial charge in [0.15, 0.2) is 0 Å². The van der Waals surface area contributed by atoms with E-state index < -0.39 is 17.9 Å². The Kier molecular flexibility index (Phi) is 10.2. The number of rotatable bonds is 13. The molecule has 9 heteroatoms. The first kappa shape index (κ1) is 25.8. The molecule has 0 spiro atoms. The normalized spacial score (nSPS) is 12.4. The first-order valence-electron chi connectivity index (χ1n) is 11.1.